The zero-order valence-electron chi connectivity index (χ0n) is 14.2. The molecule has 0 N–H and O–H groups in total. The van der Waals surface area contributed by atoms with Gasteiger partial charge in [-0.05, 0) is 6.92 Å². The van der Waals surface area contributed by atoms with Crippen LogP contribution in [0.2, 0.25) is 0 Å². The summed E-state index contributed by atoms with van der Waals surface area (Å²) in [4.78, 5) is 30.7. The number of ketones is 1. The van der Waals surface area contributed by atoms with Crippen LogP contribution in [0.25, 0.3) is 0 Å². The molecule has 0 unspecified atom stereocenters. The predicted octanol–water partition coefficient (Wildman–Crippen LogP) is 1.25. The summed E-state index contributed by atoms with van der Waals surface area (Å²) in [5.74, 6) is 0.142. The molecule has 24 heavy (non-hydrogen) atoms. The second-order valence-corrected chi connectivity index (χ2v) is 6.43. The van der Waals surface area contributed by atoms with Gasteiger partial charge in [-0.2, -0.15) is 0 Å². The lowest BCUT2D eigenvalue weighted by Gasteiger charge is -2.38. The Labute approximate surface area is 143 Å². The second-order valence-electron chi connectivity index (χ2n) is 6.43. The Kier molecular flexibility index (Phi) is 5.48. The van der Waals surface area contributed by atoms with E-state index in [4.69, 9.17) is 4.74 Å². The van der Waals surface area contributed by atoms with E-state index in [2.05, 4.69) is 4.90 Å². The van der Waals surface area contributed by atoms with Crippen molar-refractivity contribution in [3.63, 3.8) is 0 Å². The normalized spacial score (nSPS) is 19.4. The Morgan fingerprint density at radius 3 is 2.12 bits per heavy atom. The van der Waals surface area contributed by atoms with E-state index in [9.17, 15) is 9.59 Å². The lowest BCUT2D eigenvalue weighted by molar-refractivity contribution is 0.0376. The highest BCUT2D eigenvalue weighted by molar-refractivity contribution is 5.97. The van der Waals surface area contributed by atoms with E-state index in [-0.39, 0.29) is 11.8 Å². The smallest absolute Gasteiger partial charge is 0.320 e. The molecule has 2 aliphatic rings. The lowest BCUT2D eigenvalue weighted by Crippen LogP contribution is -2.55. The van der Waals surface area contributed by atoms with Crippen LogP contribution in [0.4, 0.5) is 4.79 Å². The maximum Gasteiger partial charge on any atom is 0.320 e. The molecule has 0 saturated carbocycles. The van der Waals surface area contributed by atoms with E-state index >= 15 is 0 Å². The molecular weight excluding hydrogens is 306 g/mol. The van der Waals surface area contributed by atoms with Gasteiger partial charge in [0, 0.05) is 44.8 Å². The lowest BCUT2D eigenvalue weighted by atomic mass is 10.1. The summed E-state index contributed by atoms with van der Waals surface area (Å²) in [6.45, 7) is 7.86. The molecule has 6 heteroatoms. The van der Waals surface area contributed by atoms with Crippen molar-refractivity contribution in [3.05, 3.63) is 35.4 Å². The number of rotatable bonds is 3. The summed E-state index contributed by atoms with van der Waals surface area (Å²) in [7, 11) is 0. The average Bonchev–Trinajstić information content (AvgIpc) is 2.63. The van der Waals surface area contributed by atoms with Crippen LogP contribution in [0, 0.1) is 6.92 Å². The summed E-state index contributed by atoms with van der Waals surface area (Å²) < 4.78 is 5.29. The number of carbonyl (C=O) groups is 2. The fourth-order valence-corrected chi connectivity index (χ4v) is 3.09. The second kappa shape index (κ2) is 7.77. The number of aryl methyl sites for hydroxylation is 1. The van der Waals surface area contributed by atoms with E-state index in [1.807, 2.05) is 41.0 Å². The van der Waals surface area contributed by atoms with Crippen molar-refractivity contribution in [2.75, 3.05) is 59.0 Å². The Morgan fingerprint density at radius 1 is 0.917 bits per heavy atom. The number of urea groups is 1. The topological polar surface area (TPSA) is 53.1 Å². The first-order valence-corrected chi connectivity index (χ1v) is 8.57. The zero-order chi connectivity index (χ0) is 16.9. The number of Topliss-reactive ketones (excluding diaryl/α,β-unsaturated/α-hetero) is 1. The van der Waals surface area contributed by atoms with Gasteiger partial charge in [-0.15, -0.1) is 0 Å². The van der Waals surface area contributed by atoms with Gasteiger partial charge in [-0.25, -0.2) is 4.79 Å². The number of amides is 2. The largest absolute Gasteiger partial charge is 0.378 e. The monoisotopic (exact) mass is 331 g/mol. The number of ether oxygens (including phenoxy) is 1. The molecule has 130 valence electrons. The van der Waals surface area contributed by atoms with Crippen molar-refractivity contribution >= 4 is 11.8 Å². The molecule has 2 heterocycles. The SMILES string of the molecule is Cc1ccc(C(=O)CN2CCN(C(=O)N3CCOCC3)CC2)cc1. The maximum absolute atomic E-state index is 12.4. The third-order valence-corrected chi connectivity index (χ3v) is 4.67. The number of benzene rings is 1. The minimum Gasteiger partial charge on any atom is -0.378 e. The van der Waals surface area contributed by atoms with Gasteiger partial charge >= 0.3 is 6.03 Å². The summed E-state index contributed by atoms with van der Waals surface area (Å²) in [5.41, 5.74) is 1.91. The number of piperazine rings is 1. The van der Waals surface area contributed by atoms with Crippen LogP contribution < -0.4 is 0 Å². The predicted molar refractivity (Wildman–Crippen MR) is 91.3 cm³/mol. The molecule has 0 bridgehead atoms. The molecule has 0 aromatic heterocycles. The first kappa shape index (κ1) is 16.9. The highest BCUT2D eigenvalue weighted by Crippen LogP contribution is 2.10. The quantitative estimate of drug-likeness (QED) is 0.782. The van der Waals surface area contributed by atoms with Gasteiger partial charge in [-0.1, -0.05) is 29.8 Å². The van der Waals surface area contributed by atoms with E-state index in [0.29, 0.717) is 45.9 Å². The van der Waals surface area contributed by atoms with Crippen molar-refractivity contribution in [2.24, 2.45) is 0 Å². The summed E-state index contributed by atoms with van der Waals surface area (Å²) in [6.07, 6.45) is 0. The molecule has 0 atom stereocenters. The fraction of sp³-hybridized carbons (Fsp3) is 0.556. The molecule has 2 saturated heterocycles. The van der Waals surface area contributed by atoms with E-state index in [1.54, 1.807) is 0 Å². The molecule has 6 nitrogen and oxygen atoms in total. The van der Waals surface area contributed by atoms with Gasteiger partial charge in [-0.3, -0.25) is 9.69 Å². The fourth-order valence-electron chi connectivity index (χ4n) is 3.09. The number of hydrogen-bond acceptors (Lipinski definition) is 4. The van der Waals surface area contributed by atoms with Gasteiger partial charge in [0.1, 0.15) is 0 Å². The van der Waals surface area contributed by atoms with E-state index < -0.39 is 0 Å². The van der Waals surface area contributed by atoms with Crippen LogP contribution in [0.15, 0.2) is 24.3 Å². The van der Waals surface area contributed by atoms with Crippen molar-refractivity contribution in [1.29, 1.82) is 0 Å². The van der Waals surface area contributed by atoms with Crippen molar-refractivity contribution in [1.82, 2.24) is 14.7 Å². The van der Waals surface area contributed by atoms with Crippen molar-refractivity contribution in [3.8, 4) is 0 Å². The van der Waals surface area contributed by atoms with E-state index in [1.165, 1.54) is 0 Å². The molecule has 2 amide bonds. The summed E-state index contributed by atoms with van der Waals surface area (Å²) in [6, 6.07) is 7.80. The maximum atomic E-state index is 12.4. The van der Waals surface area contributed by atoms with Crippen LogP contribution in [-0.4, -0.2) is 85.5 Å². The first-order chi connectivity index (χ1) is 11.6. The molecule has 1 aromatic rings. The molecular formula is C18H25N3O3. The third kappa shape index (κ3) is 4.13. The molecule has 2 aliphatic heterocycles. The van der Waals surface area contributed by atoms with Crippen LogP contribution >= 0.6 is 0 Å². The van der Waals surface area contributed by atoms with Crippen LogP contribution in [0.5, 0.6) is 0 Å². The number of carbonyl (C=O) groups excluding carboxylic acids is 2. The average molecular weight is 331 g/mol. The molecule has 2 fully saturated rings. The van der Waals surface area contributed by atoms with E-state index in [0.717, 1.165) is 24.2 Å². The molecule has 1 aromatic carbocycles. The highest BCUT2D eigenvalue weighted by Gasteiger charge is 2.27. The van der Waals surface area contributed by atoms with Crippen LogP contribution in [0.3, 0.4) is 0 Å². The van der Waals surface area contributed by atoms with Crippen molar-refractivity contribution in [2.45, 2.75) is 6.92 Å². The third-order valence-electron chi connectivity index (χ3n) is 4.67. The molecule has 0 aliphatic carbocycles. The Balaban J connectivity index is 1.47. The van der Waals surface area contributed by atoms with Crippen LogP contribution in [-0.2, 0) is 4.74 Å². The van der Waals surface area contributed by atoms with Gasteiger partial charge in [0.15, 0.2) is 5.78 Å². The Bertz CT molecular complexity index is 574. The Hall–Kier alpha value is -1.92. The number of hydrogen-bond donors (Lipinski definition) is 0. The van der Waals surface area contributed by atoms with Crippen LogP contribution in [0.1, 0.15) is 15.9 Å². The molecule has 3 rings (SSSR count). The van der Waals surface area contributed by atoms with Gasteiger partial charge in [0.25, 0.3) is 0 Å². The number of nitrogens with zero attached hydrogens (tertiary/aromatic N) is 3. The standard InChI is InChI=1S/C18H25N3O3/c1-15-2-4-16(5-3-15)17(22)14-19-6-8-20(9-7-19)18(23)21-10-12-24-13-11-21/h2-5H,6-14H2,1H3. The molecule has 0 radical (unpaired) electrons. The molecule has 0 spiro atoms. The van der Waals surface area contributed by atoms with Gasteiger partial charge in [0.2, 0.25) is 0 Å². The Morgan fingerprint density at radius 2 is 1.50 bits per heavy atom. The van der Waals surface area contributed by atoms with Gasteiger partial charge in [0.05, 0.1) is 19.8 Å². The van der Waals surface area contributed by atoms with Gasteiger partial charge < -0.3 is 14.5 Å². The van der Waals surface area contributed by atoms with Crippen molar-refractivity contribution < 1.29 is 14.3 Å². The number of morpholine rings is 1. The zero-order valence-corrected chi connectivity index (χ0v) is 14.2. The minimum absolute atomic E-state index is 0.0998. The summed E-state index contributed by atoms with van der Waals surface area (Å²) >= 11 is 0. The highest BCUT2D eigenvalue weighted by atomic mass is 16.5. The first-order valence-electron chi connectivity index (χ1n) is 8.57. The summed E-state index contributed by atoms with van der Waals surface area (Å²) in [5, 5.41) is 0. The minimum atomic E-state index is 0.0998.